The fraction of sp³-hybridized carbons (Fsp3) is 0.955. The van der Waals surface area contributed by atoms with E-state index in [1.54, 1.807) is 11.8 Å². The fourth-order valence-electron chi connectivity index (χ4n) is 5.27. The van der Waals surface area contributed by atoms with Crippen molar-refractivity contribution in [2.75, 3.05) is 57.8 Å². The molecule has 156 valence electrons. The Morgan fingerprint density at radius 1 is 1.00 bits per heavy atom. The third-order valence-corrected chi connectivity index (χ3v) is 7.49. The van der Waals surface area contributed by atoms with Gasteiger partial charge in [-0.1, -0.05) is 19.3 Å². The quantitative estimate of drug-likeness (QED) is 0.595. The maximum atomic E-state index is 12.9. The summed E-state index contributed by atoms with van der Waals surface area (Å²) >= 11 is 1.79. The van der Waals surface area contributed by atoms with Crippen molar-refractivity contribution in [3.8, 4) is 0 Å². The maximum Gasteiger partial charge on any atom is 0.223 e. The largest absolute Gasteiger partial charge is 0.341 e. The summed E-state index contributed by atoms with van der Waals surface area (Å²) in [6.45, 7) is 7.97. The average molecular weight is 396 g/mol. The van der Waals surface area contributed by atoms with Gasteiger partial charge in [0.15, 0.2) is 0 Å². The summed E-state index contributed by atoms with van der Waals surface area (Å²) in [7, 11) is 0. The van der Waals surface area contributed by atoms with Gasteiger partial charge < -0.3 is 14.7 Å². The first-order valence-electron chi connectivity index (χ1n) is 11.5. The highest BCUT2D eigenvalue weighted by atomic mass is 32.2. The van der Waals surface area contributed by atoms with E-state index in [1.165, 1.54) is 84.0 Å². The zero-order valence-corrected chi connectivity index (χ0v) is 18.4. The third-order valence-electron chi connectivity index (χ3n) is 6.88. The lowest BCUT2D eigenvalue weighted by atomic mass is 9.95. The molecule has 0 aromatic heterocycles. The second-order valence-corrected chi connectivity index (χ2v) is 9.91. The van der Waals surface area contributed by atoms with E-state index in [0.29, 0.717) is 18.2 Å². The summed E-state index contributed by atoms with van der Waals surface area (Å²) in [5.41, 5.74) is 0. The van der Waals surface area contributed by atoms with Crippen LogP contribution in [0.15, 0.2) is 0 Å². The Labute approximate surface area is 171 Å². The highest BCUT2D eigenvalue weighted by Crippen LogP contribution is 2.28. The van der Waals surface area contributed by atoms with Crippen molar-refractivity contribution < 1.29 is 4.79 Å². The Balaban J connectivity index is 1.51. The molecule has 3 fully saturated rings. The molecule has 3 aliphatic rings. The molecule has 0 N–H and O–H groups in total. The SMILES string of the molecule is CSCCC(=O)N(CCN1CCCCC1)CC1CCCN(C2CCCC2)C1. The van der Waals surface area contributed by atoms with Crippen LogP contribution in [0, 0.1) is 5.92 Å². The van der Waals surface area contributed by atoms with Crippen LogP contribution in [0.3, 0.4) is 0 Å². The van der Waals surface area contributed by atoms with Crippen molar-refractivity contribution >= 4 is 17.7 Å². The van der Waals surface area contributed by atoms with Gasteiger partial charge in [-0.2, -0.15) is 11.8 Å². The summed E-state index contributed by atoms with van der Waals surface area (Å²) in [6.07, 6.45) is 15.1. The van der Waals surface area contributed by atoms with Crippen LogP contribution in [0.4, 0.5) is 0 Å². The van der Waals surface area contributed by atoms with Crippen molar-refractivity contribution in [3.63, 3.8) is 0 Å². The minimum atomic E-state index is 0.388. The van der Waals surface area contributed by atoms with Crippen LogP contribution in [0.1, 0.15) is 64.2 Å². The fourth-order valence-corrected chi connectivity index (χ4v) is 5.65. The van der Waals surface area contributed by atoms with Crippen LogP contribution in [0.25, 0.3) is 0 Å². The first-order valence-corrected chi connectivity index (χ1v) is 12.9. The standard InChI is InChI=1S/C22H41N3OS/c1-27-17-11-22(26)25(16-15-23-12-5-2-6-13-23)19-20-8-7-14-24(18-20)21-9-3-4-10-21/h20-21H,2-19H2,1H3. The van der Waals surface area contributed by atoms with E-state index in [4.69, 9.17) is 0 Å². The molecule has 0 aromatic rings. The van der Waals surface area contributed by atoms with Crippen LogP contribution in [0.2, 0.25) is 0 Å². The molecule has 3 rings (SSSR count). The third kappa shape index (κ3) is 6.93. The number of thioether (sulfide) groups is 1. The maximum absolute atomic E-state index is 12.9. The summed E-state index contributed by atoms with van der Waals surface area (Å²) in [4.78, 5) is 20.4. The Morgan fingerprint density at radius 2 is 1.78 bits per heavy atom. The van der Waals surface area contributed by atoms with Crippen molar-refractivity contribution in [1.29, 1.82) is 0 Å². The number of rotatable bonds is 9. The van der Waals surface area contributed by atoms with Gasteiger partial charge in [-0.15, -0.1) is 0 Å². The average Bonchev–Trinajstić information content (AvgIpc) is 3.25. The number of carbonyl (C=O) groups excluding carboxylic acids is 1. The van der Waals surface area contributed by atoms with E-state index in [9.17, 15) is 4.79 Å². The molecule has 0 radical (unpaired) electrons. The Kier molecular flexibility index (Phi) is 9.27. The number of hydrogen-bond acceptors (Lipinski definition) is 4. The lowest BCUT2D eigenvalue weighted by Gasteiger charge is -2.39. The summed E-state index contributed by atoms with van der Waals surface area (Å²) in [5, 5.41) is 0. The molecule has 1 amide bonds. The Morgan fingerprint density at radius 3 is 2.52 bits per heavy atom. The van der Waals surface area contributed by atoms with Gasteiger partial charge in [-0.05, 0) is 70.3 Å². The topological polar surface area (TPSA) is 26.8 Å². The zero-order chi connectivity index (χ0) is 18.9. The van der Waals surface area contributed by atoms with Crippen molar-refractivity contribution in [1.82, 2.24) is 14.7 Å². The van der Waals surface area contributed by atoms with E-state index < -0.39 is 0 Å². The monoisotopic (exact) mass is 395 g/mol. The number of carbonyl (C=O) groups is 1. The predicted octanol–water partition coefficient (Wildman–Crippen LogP) is 3.71. The van der Waals surface area contributed by atoms with Gasteiger partial charge in [0.1, 0.15) is 0 Å². The van der Waals surface area contributed by atoms with Gasteiger partial charge in [0.25, 0.3) is 0 Å². The molecule has 27 heavy (non-hydrogen) atoms. The van der Waals surface area contributed by atoms with Gasteiger partial charge >= 0.3 is 0 Å². The molecular weight excluding hydrogens is 354 g/mol. The van der Waals surface area contributed by atoms with Gasteiger partial charge in [-0.25, -0.2) is 0 Å². The minimum absolute atomic E-state index is 0.388. The number of likely N-dealkylation sites (tertiary alicyclic amines) is 2. The Hall–Kier alpha value is -0.260. The van der Waals surface area contributed by atoms with E-state index in [2.05, 4.69) is 21.0 Å². The molecule has 0 bridgehead atoms. The van der Waals surface area contributed by atoms with Crippen LogP contribution < -0.4 is 0 Å². The molecule has 2 aliphatic heterocycles. The highest BCUT2D eigenvalue weighted by Gasteiger charge is 2.29. The number of amides is 1. The molecular formula is C22H41N3OS. The number of piperidine rings is 2. The highest BCUT2D eigenvalue weighted by molar-refractivity contribution is 7.98. The van der Waals surface area contributed by atoms with Gasteiger partial charge in [0.05, 0.1) is 0 Å². The normalized spacial score (nSPS) is 25.7. The van der Waals surface area contributed by atoms with Crippen LogP contribution in [-0.2, 0) is 4.79 Å². The molecule has 1 aliphatic carbocycles. The van der Waals surface area contributed by atoms with Crippen molar-refractivity contribution in [2.45, 2.75) is 70.3 Å². The second-order valence-electron chi connectivity index (χ2n) is 8.93. The molecule has 0 spiro atoms. The summed E-state index contributed by atoms with van der Waals surface area (Å²) in [6, 6.07) is 0.835. The minimum Gasteiger partial charge on any atom is -0.341 e. The van der Waals surface area contributed by atoms with E-state index in [-0.39, 0.29) is 0 Å². The van der Waals surface area contributed by atoms with Crippen molar-refractivity contribution in [2.24, 2.45) is 5.92 Å². The lowest BCUT2D eigenvalue weighted by molar-refractivity contribution is -0.132. The molecule has 0 aromatic carbocycles. The zero-order valence-electron chi connectivity index (χ0n) is 17.5. The first-order chi connectivity index (χ1) is 13.3. The van der Waals surface area contributed by atoms with E-state index in [1.807, 2.05) is 0 Å². The number of hydrogen-bond donors (Lipinski definition) is 0. The predicted molar refractivity (Wildman–Crippen MR) is 116 cm³/mol. The molecule has 2 heterocycles. The number of nitrogens with zero attached hydrogens (tertiary/aromatic N) is 3. The van der Waals surface area contributed by atoms with E-state index in [0.717, 1.165) is 31.4 Å². The van der Waals surface area contributed by atoms with Crippen molar-refractivity contribution in [3.05, 3.63) is 0 Å². The molecule has 5 heteroatoms. The second kappa shape index (κ2) is 11.7. The van der Waals surface area contributed by atoms with Gasteiger partial charge in [0, 0.05) is 44.4 Å². The van der Waals surface area contributed by atoms with Gasteiger partial charge in [0.2, 0.25) is 5.91 Å². The molecule has 2 saturated heterocycles. The van der Waals surface area contributed by atoms with Crippen LogP contribution in [-0.4, -0.2) is 84.5 Å². The Bertz CT molecular complexity index is 435. The molecule has 1 unspecified atom stereocenters. The van der Waals surface area contributed by atoms with E-state index >= 15 is 0 Å². The molecule has 1 saturated carbocycles. The molecule has 4 nitrogen and oxygen atoms in total. The van der Waals surface area contributed by atoms with Crippen LogP contribution in [0.5, 0.6) is 0 Å². The summed E-state index contributed by atoms with van der Waals surface area (Å²) in [5.74, 6) is 2.02. The smallest absolute Gasteiger partial charge is 0.223 e. The van der Waals surface area contributed by atoms with Crippen LogP contribution >= 0.6 is 11.8 Å². The van der Waals surface area contributed by atoms with Gasteiger partial charge in [-0.3, -0.25) is 4.79 Å². The molecule has 1 atom stereocenters. The summed E-state index contributed by atoms with van der Waals surface area (Å²) < 4.78 is 0. The first kappa shape index (κ1) is 21.4. The lowest BCUT2D eigenvalue weighted by Crippen LogP contribution is -2.47.